The van der Waals surface area contributed by atoms with Crippen LogP contribution in [0.3, 0.4) is 0 Å². The molecule has 0 fully saturated rings. The molecule has 0 saturated carbocycles. The van der Waals surface area contributed by atoms with E-state index < -0.39 is 0 Å². The fourth-order valence-electron chi connectivity index (χ4n) is 2.71. The largest absolute Gasteiger partial charge is 0.294 e. The Kier molecular flexibility index (Phi) is 3.31. The van der Waals surface area contributed by atoms with E-state index in [0.29, 0.717) is 12.4 Å². The van der Waals surface area contributed by atoms with Gasteiger partial charge in [0.15, 0.2) is 5.16 Å². The van der Waals surface area contributed by atoms with Crippen LogP contribution in [0.5, 0.6) is 0 Å². The monoisotopic (exact) mass is 310 g/mol. The predicted octanol–water partition coefficient (Wildman–Crippen LogP) is 2.72. The van der Waals surface area contributed by atoms with E-state index in [9.17, 15) is 4.79 Å². The number of amides is 1. The van der Waals surface area contributed by atoms with Gasteiger partial charge in [0, 0.05) is 12.3 Å². The summed E-state index contributed by atoms with van der Waals surface area (Å²) in [5.74, 6) is 1.46. The van der Waals surface area contributed by atoms with Crippen molar-refractivity contribution in [1.29, 1.82) is 0 Å². The molecule has 2 heterocycles. The molecule has 2 aromatic carbocycles. The molecule has 1 aromatic heterocycles. The Morgan fingerprint density at radius 3 is 3.00 bits per heavy atom. The van der Waals surface area contributed by atoms with Gasteiger partial charge in [0.05, 0.1) is 6.42 Å². The van der Waals surface area contributed by atoms with E-state index in [4.69, 9.17) is 0 Å². The minimum absolute atomic E-state index is 0.0662. The first kappa shape index (κ1) is 13.3. The van der Waals surface area contributed by atoms with E-state index in [1.165, 1.54) is 0 Å². The second-order valence-corrected chi connectivity index (χ2v) is 6.23. The molecule has 0 aliphatic carbocycles. The lowest BCUT2D eigenvalue weighted by Gasteiger charge is -2.07. The zero-order chi connectivity index (χ0) is 14.9. The topological polar surface area (TPSA) is 59.8 Å². The zero-order valence-corrected chi connectivity index (χ0v) is 12.6. The van der Waals surface area contributed by atoms with Gasteiger partial charge in [-0.05, 0) is 16.3 Å². The Balaban J connectivity index is 1.56. The van der Waals surface area contributed by atoms with Gasteiger partial charge >= 0.3 is 0 Å². The third-order valence-corrected chi connectivity index (χ3v) is 4.69. The van der Waals surface area contributed by atoms with E-state index in [1.807, 2.05) is 34.9 Å². The molecular formula is C16H14N4OS. The van der Waals surface area contributed by atoms with Crippen LogP contribution in [0.4, 0.5) is 5.95 Å². The summed E-state index contributed by atoms with van der Waals surface area (Å²) in [4.78, 5) is 12.3. The molecule has 0 spiro atoms. The number of rotatable bonds is 3. The minimum Gasteiger partial charge on any atom is -0.294 e. The third-order valence-electron chi connectivity index (χ3n) is 3.75. The Morgan fingerprint density at radius 2 is 2.05 bits per heavy atom. The Hall–Kier alpha value is -2.34. The number of carbonyl (C=O) groups is 1. The van der Waals surface area contributed by atoms with Crippen molar-refractivity contribution in [1.82, 2.24) is 14.8 Å². The summed E-state index contributed by atoms with van der Waals surface area (Å²) in [6, 6.07) is 14.1. The average molecular weight is 310 g/mol. The molecule has 1 N–H and O–H groups in total. The van der Waals surface area contributed by atoms with Crippen LogP contribution in [-0.4, -0.2) is 26.4 Å². The van der Waals surface area contributed by atoms with Gasteiger partial charge < -0.3 is 0 Å². The van der Waals surface area contributed by atoms with Gasteiger partial charge in [-0.3, -0.25) is 14.7 Å². The fraction of sp³-hybridized carbons (Fsp3) is 0.188. The average Bonchev–Trinajstić information content (AvgIpc) is 3.13. The second kappa shape index (κ2) is 5.46. The number of aromatic nitrogens is 3. The highest BCUT2D eigenvalue weighted by Gasteiger charge is 2.19. The summed E-state index contributed by atoms with van der Waals surface area (Å²) >= 11 is 1.66. The van der Waals surface area contributed by atoms with E-state index >= 15 is 0 Å². The van der Waals surface area contributed by atoms with Crippen molar-refractivity contribution < 1.29 is 4.79 Å². The smallest absolute Gasteiger partial charge is 0.231 e. The van der Waals surface area contributed by atoms with Gasteiger partial charge in [-0.15, -0.1) is 10.2 Å². The van der Waals surface area contributed by atoms with Crippen molar-refractivity contribution in [2.45, 2.75) is 18.1 Å². The maximum atomic E-state index is 12.3. The van der Waals surface area contributed by atoms with Crippen LogP contribution >= 0.6 is 11.8 Å². The van der Waals surface area contributed by atoms with Crippen molar-refractivity contribution in [3.05, 3.63) is 48.0 Å². The van der Waals surface area contributed by atoms with Gasteiger partial charge in [-0.1, -0.05) is 54.2 Å². The van der Waals surface area contributed by atoms with Crippen LogP contribution in [-0.2, 0) is 17.8 Å². The van der Waals surface area contributed by atoms with Crippen LogP contribution in [0.1, 0.15) is 5.56 Å². The number of fused-ring (bicyclic) bond motifs is 2. The van der Waals surface area contributed by atoms with Crippen LogP contribution in [0.15, 0.2) is 47.6 Å². The van der Waals surface area contributed by atoms with E-state index in [0.717, 1.165) is 33.8 Å². The normalized spacial score (nSPS) is 13.3. The number of thioether (sulfide) groups is 1. The lowest BCUT2D eigenvalue weighted by atomic mass is 10.0. The molecule has 0 radical (unpaired) electrons. The fourth-order valence-corrected chi connectivity index (χ4v) is 3.59. The maximum Gasteiger partial charge on any atom is 0.231 e. The Labute approximate surface area is 131 Å². The molecule has 0 unspecified atom stereocenters. The summed E-state index contributed by atoms with van der Waals surface area (Å²) in [5.41, 5.74) is 1.02. The molecular weight excluding hydrogens is 296 g/mol. The number of nitrogens with zero attached hydrogens (tertiary/aromatic N) is 3. The SMILES string of the molecule is O=C(Cc1cccc2ccccc12)Nc1nnc2n1CCS2. The van der Waals surface area contributed by atoms with Crippen molar-refractivity contribution in [3.63, 3.8) is 0 Å². The van der Waals surface area contributed by atoms with Gasteiger partial charge in [-0.2, -0.15) is 0 Å². The Morgan fingerprint density at radius 1 is 1.18 bits per heavy atom. The summed E-state index contributed by atoms with van der Waals surface area (Å²) in [6.07, 6.45) is 0.330. The number of benzene rings is 2. The number of hydrogen-bond acceptors (Lipinski definition) is 4. The van der Waals surface area contributed by atoms with Crippen LogP contribution in [0.2, 0.25) is 0 Å². The highest BCUT2D eigenvalue weighted by atomic mass is 32.2. The molecule has 4 rings (SSSR count). The van der Waals surface area contributed by atoms with E-state index in [1.54, 1.807) is 11.8 Å². The standard InChI is InChI=1S/C16H14N4OS/c21-14(17-15-18-19-16-20(15)8-9-22-16)10-12-6-3-5-11-4-1-2-7-13(11)12/h1-7H,8-10H2,(H,17,18,21). The van der Waals surface area contributed by atoms with Gasteiger partial charge in [-0.25, -0.2) is 0 Å². The summed E-state index contributed by atoms with van der Waals surface area (Å²) in [6.45, 7) is 0.844. The zero-order valence-electron chi connectivity index (χ0n) is 11.8. The van der Waals surface area contributed by atoms with Gasteiger partial charge in [0.1, 0.15) is 0 Å². The number of nitrogens with one attached hydrogen (secondary N) is 1. The summed E-state index contributed by atoms with van der Waals surface area (Å²) in [5, 5.41) is 14.1. The Bertz CT molecular complexity index is 853. The van der Waals surface area contributed by atoms with Crippen molar-refractivity contribution in [2.24, 2.45) is 0 Å². The molecule has 0 atom stereocenters. The molecule has 0 saturated heterocycles. The molecule has 110 valence electrons. The van der Waals surface area contributed by atoms with Crippen LogP contribution in [0, 0.1) is 0 Å². The minimum atomic E-state index is -0.0662. The number of anilines is 1. The predicted molar refractivity (Wildman–Crippen MR) is 87.0 cm³/mol. The molecule has 5 nitrogen and oxygen atoms in total. The molecule has 1 amide bonds. The molecule has 6 heteroatoms. The first-order chi connectivity index (χ1) is 10.8. The summed E-state index contributed by atoms with van der Waals surface area (Å²) < 4.78 is 1.95. The highest BCUT2D eigenvalue weighted by molar-refractivity contribution is 7.99. The van der Waals surface area contributed by atoms with Crippen LogP contribution in [0.25, 0.3) is 10.8 Å². The molecule has 3 aromatic rings. The van der Waals surface area contributed by atoms with E-state index in [-0.39, 0.29) is 5.91 Å². The molecule has 1 aliphatic rings. The van der Waals surface area contributed by atoms with Crippen molar-refractivity contribution in [3.8, 4) is 0 Å². The summed E-state index contributed by atoms with van der Waals surface area (Å²) in [7, 11) is 0. The second-order valence-electron chi connectivity index (χ2n) is 5.17. The van der Waals surface area contributed by atoms with Crippen LogP contribution < -0.4 is 5.32 Å². The van der Waals surface area contributed by atoms with E-state index in [2.05, 4.69) is 27.6 Å². The van der Waals surface area contributed by atoms with Crippen molar-refractivity contribution in [2.75, 3.05) is 11.1 Å². The first-order valence-electron chi connectivity index (χ1n) is 7.14. The quantitative estimate of drug-likeness (QED) is 0.808. The molecule has 0 bridgehead atoms. The third kappa shape index (κ3) is 2.35. The lowest BCUT2D eigenvalue weighted by Crippen LogP contribution is -2.18. The highest BCUT2D eigenvalue weighted by Crippen LogP contribution is 2.26. The number of hydrogen-bond donors (Lipinski definition) is 1. The maximum absolute atomic E-state index is 12.3. The van der Waals surface area contributed by atoms with Crippen molar-refractivity contribution >= 4 is 34.4 Å². The number of carbonyl (C=O) groups excluding carboxylic acids is 1. The lowest BCUT2D eigenvalue weighted by molar-refractivity contribution is -0.115. The molecule has 22 heavy (non-hydrogen) atoms. The van der Waals surface area contributed by atoms with Gasteiger partial charge in [0.25, 0.3) is 0 Å². The first-order valence-corrected chi connectivity index (χ1v) is 8.12. The van der Waals surface area contributed by atoms with Gasteiger partial charge in [0.2, 0.25) is 11.9 Å². The molecule has 1 aliphatic heterocycles.